The molecule has 0 amide bonds. The quantitative estimate of drug-likeness (QED) is 0.179. The fourth-order valence-corrected chi connectivity index (χ4v) is 9.48. The minimum absolute atomic E-state index is 1.13. The Morgan fingerprint density at radius 1 is 0.345 bits per heavy atom. The van der Waals surface area contributed by atoms with Crippen molar-refractivity contribution in [1.29, 1.82) is 0 Å². The van der Waals surface area contributed by atoms with Crippen molar-refractivity contribution < 1.29 is 0 Å². The zero-order valence-corrected chi connectivity index (χ0v) is 29.9. The molecule has 0 fully saturated rings. The molecule has 55 heavy (non-hydrogen) atoms. The van der Waals surface area contributed by atoms with Gasteiger partial charge in [0.15, 0.2) is 0 Å². The summed E-state index contributed by atoms with van der Waals surface area (Å²) in [5.41, 5.74) is 16.3. The van der Waals surface area contributed by atoms with Crippen LogP contribution in [0.2, 0.25) is 0 Å². The standard InChI is InChI=1S/C53H32N2/c1-3-12-34(13-4-1)49-41-18-9-10-19-42(41)50(35-14-5-2-6-15-35)53-44-27-26-39(40-20-11-21-43(51(40)44)52(49)53)33-22-24-38(25-23-33)55-47-28-29-54-32-46(47)45-30-36-16-7-8-17-37(36)31-48(45)55/h1-32H. The maximum atomic E-state index is 4.51. The topological polar surface area (TPSA) is 17.8 Å². The number of hydrogen-bond donors (Lipinski definition) is 0. The van der Waals surface area contributed by atoms with E-state index in [-0.39, 0.29) is 0 Å². The van der Waals surface area contributed by atoms with Gasteiger partial charge >= 0.3 is 0 Å². The molecule has 2 heterocycles. The average Bonchev–Trinajstić information content (AvgIpc) is 3.76. The predicted octanol–water partition coefficient (Wildman–Crippen LogP) is 14.3. The predicted molar refractivity (Wildman–Crippen MR) is 232 cm³/mol. The lowest BCUT2D eigenvalue weighted by Crippen LogP contribution is -1.94. The highest BCUT2D eigenvalue weighted by Crippen LogP contribution is 2.58. The Morgan fingerprint density at radius 3 is 1.62 bits per heavy atom. The van der Waals surface area contributed by atoms with E-state index >= 15 is 0 Å². The summed E-state index contributed by atoms with van der Waals surface area (Å²) in [7, 11) is 0. The van der Waals surface area contributed by atoms with Gasteiger partial charge in [0.1, 0.15) is 0 Å². The summed E-state index contributed by atoms with van der Waals surface area (Å²) >= 11 is 0. The third-order valence-electron chi connectivity index (χ3n) is 11.8. The monoisotopic (exact) mass is 696 g/mol. The van der Waals surface area contributed by atoms with Crippen LogP contribution in [-0.4, -0.2) is 9.55 Å². The maximum Gasteiger partial charge on any atom is 0.0571 e. The molecular formula is C53H32N2. The fraction of sp³-hybridized carbons (Fsp3) is 0. The molecule has 1 aliphatic carbocycles. The zero-order valence-electron chi connectivity index (χ0n) is 29.9. The van der Waals surface area contributed by atoms with Gasteiger partial charge in [-0.25, -0.2) is 0 Å². The van der Waals surface area contributed by atoms with Crippen molar-refractivity contribution in [1.82, 2.24) is 9.55 Å². The summed E-state index contributed by atoms with van der Waals surface area (Å²) in [6.45, 7) is 0. The lowest BCUT2D eigenvalue weighted by molar-refractivity contribution is 1.18. The van der Waals surface area contributed by atoms with Crippen LogP contribution < -0.4 is 0 Å². The molecule has 0 saturated heterocycles. The van der Waals surface area contributed by atoms with Crippen LogP contribution in [0.4, 0.5) is 0 Å². The van der Waals surface area contributed by atoms with E-state index in [1.54, 1.807) is 0 Å². The number of rotatable bonds is 4. The number of nitrogens with zero attached hydrogens (tertiary/aromatic N) is 2. The first-order valence-corrected chi connectivity index (χ1v) is 19.0. The van der Waals surface area contributed by atoms with E-state index in [9.17, 15) is 0 Å². The first kappa shape index (κ1) is 30.2. The molecule has 0 saturated carbocycles. The van der Waals surface area contributed by atoms with Crippen molar-refractivity contribution in [3.8, 4) is 61.3 Å². The molecule has 9 aromatic carbocycles. The molecular weight excluding hydrogens is 665 g/mol. The molecule has 0 radical (unpaired) electrons. The smallest absolute Gasteiger partial charge is 0.0571 e. The van der Waals surface area contributed by atoms with Crippen molar-refractivity contribution in [2.24, 2.45) is 0 Å². The van der Waals surface area contributed by atoms with Crippen LogP contribution in [0.15, 0.2) is 194 Å². The van der Waals surface area contributed by atoms with Gasteiger partial charge in [-0.15, -0.1) is 0 Å². The second-order valence-corrected chi connectivity index (χ2v) is 14.7. The Labute approximate surface area is 318 Å². The first-order valence-electron chi connectivity index (χ1n) is 19.0. The SMILES string of the molecule is c1ccc(-c2c3c(c(-c4ccccc4)c4ccccc24)-c2ccc(-c4ccc(-n5c6ccncc6c6cc7ccccc7cc65)cc4)c4cccc-3c24)cc1. The van der Waals surface area contributed by atoms with Gasteiger partial charge in [0.2, 0.25) is 0 Å². The minimum Gasteiger partial charge on any atom is -0.309 e. The number of benzene rings is 9. The number of hydrogen-bond acceptors (Lipinski definition) is 1. The molecule has 12 rings (SSSR count). The second kappa shape index (κ2) is 11.6. The van der Waals surface area contributed by atoms with E-state index in [1.165, 1.54) is 98.9 Å². The number of fused-ring (bicyclic) bond motifs is 8. The molecule has 2 aromatic heterocycles. The molecule has 0 unspecified atom stereocenters. The summed E-state index contributed by atoms with van der Waals surface area (Å²) in [6, 6.07) is 66.9. The fourth-order valence-electron chi connectivity index (χ4n) is 9.48. The maximum absolute atomic E-state index is 4.51. The minimum atomic E-state index is 1.13. The molecule has 0 spiro atoms. The lowest BCUT2D eigenvalue weighted by atomic mass is 9.82. The zero-order chi connectivity index (χ0) is 36.0. The normalized spacial score (nSPS) is 12.0. The summed E-state index contributed by atoms with van der Waals surface area (Å²) in [6.07, 6.45) is 3.89. The molecule has 254 valence electrons. The van der Waals surface area contributed by atoms with Crippen LogP contribution in [0, 0.1) is 0 Å². The molecule has 2 heteroatoms. The Hall–Kier alpha value is -7.29. The van der Waals surface area contributed by atoms with Crippen LogP contribution in [0.5, 0.6) is 0 Å². The van der Waals surface area contributed by atoms with E-state index in [0.717, 1.165) is 16.6 Å². The van der Waals surface area contributed by atoms with Gasteiger partial charge in [0.05, 0.1) is 11.0 Å². The van der Waals surface area contributed by atoms with Gasteiger partial charge in [-0.1, -0.05) is 152 Å². The van der Waals surface area contributed by atoms with Crippen molar-refractivity contribution in [2.75, 3.05) is 0 Å². The summed E-state index contributed by atoms with van der Waals surface area (Å²) < 4.78 is 2.38. The first-order chi connectivity index (χ1) is 27.3. The van der Waals surface area contributed by atoms with Crippen LogP contribution in [-0.2, 0) is 0 Å². The van der Waals surface area contributed by atoms with E-state index in [4.69, 9.17) is 0 Å². The Kier molecular flexibility index (Phi) is 6.37. The summed E-state index contributed by atoms with van der Waals surface area (Å²) in [4.78, 5) is 4.51. The molecule has 0 bridgehead atoms. The van der Waals surface area contributed by atoms with Gasteiger partial charge in [-0.05, 0) is 118 Å². The van der Waals surface area contributed by atoms with Crippen molar-refractivity contribution >= 4 is 54.1 Å². The van der Waals surface area contributed by atoms with Gasteiger partial charge < -0.3 is 4.57 Å². The lowest BCUT2D eigenvalue weighted by Gasteiger charge is -2.20. The van der Waals surface area contributed by atoms with E-state index in [0.29, 0.717) is 0 Å². The molecule has 0 atom stereocenters. The van der Waals surface area contributed by atoms with Crippen LogP contribution >= 0.6 is 0 Å². The summed E-state index contributed by atoms with van der Waals surface area (Å²) in [5, 5.41) is 10.0. The summed E-state index contributed by atoms with van der Waals surface area (Å²) in [5.74, 6) is 0. The second-order valence-electron chi connectivity index (χ2n) is 14.7. The van der Waals surface area contributed by atoms with E-state index < -0.39 is 0 Å². The Morgan fingerprint density at radius 2 is 0.927 bits per heavy atom. The van der Waals surface area contributed by atoms with Gasteiger partial charge in [-0.2, -0.15) is 0 Å². The van der Waals surface area contributed by atoms with E-state index in [1.807, 2.05) is 12.4 Å². The number of aromatic nitrogens is 2. The van der Waals surface area contributed by atoms with E-state index in [2.05, 4.69) is 192 Å². The van der Waals surface area contributed by atoms with Gasteiger partial charge in [0.25, 0.3) is 0 Å². The Balaban J connectivity index is 1.08. The van der Waals surface area contributed by atoms with Crippen LogP contribution in [0.1, 0.15) is 0 Å². The highest BCUT2D eigenvalue weighted by atomic mass is 15.0. The third-order valence-corrected chi connectivity index (χ3v) is 11.8. The van der Waals surface area contributed by atoms with Crippen LogP contribution in [0.3, 0.4) is 0 Å². The highest BCUT2D eigenvalue weighted by molar-refractivity contribution is 6.28. The molecule has 2 nitrogen and oxygen atoms in total. The van der Waals surface area contributed by atoms with Crippen molar-refractivity contribution in [2.45, 2.75) is 0 Å². The largest absolute Gasteiger partial charge is 0.309 e. The van der Waals surface area contributed by atoms with Crippen molar-refractivity contribution in [3.05, 3.63) is 194 Å². The van der Waals surface area contributed by atoms with Crippen LogP contribution in [0.25, 0.3) is 115 Å². The molecule has 0 aliphatic heterocycles. The number of pyridine rings is 1. The van der Waals surface area contributed by atoms with Gasteiger partial charge in [-0.3, -0.25) is 4.98 Å². The highest BCUT2D eigenvalue weighted by Gasteiger charge is 2.31. The molecule has 0 N–H and O–H groups in total. The van der Waals surface area contributed by atoms with Crippen molar-refractivity contribution in [3.63, 3.8) is 0 Å². The molecule has 1 aliphatic rings. The molecule has 11 aromatic rings. The average molecular weight is 697 g/mol. The van der Waals surface area contributed by atoms with Gasteiger partial charge in [0, 0.05) is 28.9 Å². The third kappa shape index (κ3) is 4.34. The Bertz CT molecular complexity index is 3250.